The summed E-state index contributed by atoms with van der Waals surface area (Å²) in [5.41, 5.74) is 6.17. The third-order valence-electron chi connectivity index (χ3n) is 7.01. The SMILES string of the molecule is C=C/C=C(C)\N=C(\C)N(C)c1ccc(N(CCCCCC)CCCCCC)c(-n2nnc3ccccc32)c1. The fourth-order valence-corrected chi connectivity index (χ4v) is 4.74. The normalized spacial score (nSPS) is 12.2. The molecule has 6 nitrogen and oxygen atoms in total. The molecule has 0 radical (unpaired) electrons. The lowest BCUT2D eigenvalue weighted by Crippen LogP contribution is -2.28. The molecule has 0 bridgehead atoms. The number of aromatic nitrogens is 3. The first-order valence-electron chi connectivity index (χ1n) is 14.3. The topological polar surface area (TPSA) is 49.5 Å². The molecule has 0 unspecified atom stereocenters. The van der Waals surface area contributed by atoms with E-state index < -0.39 is 0 Å². The van der Waals surface area contributed by atoms with E-state index in [0.29, 0.717) is 0 Å². The van der Waals surface area contributed by atoms with E-state index in [-0.39, 0.29) is 0 Å². The fourth-order valence-electron chi connectivity index (χ4n) is 4.74. The largest absolute Gasteiger partial charge is 0.370 e. The Morgan fingerprint density at radius 3 is 2.29 bits per heavy atom. The van der Waals surface area contributed by atoms with E-state index in [2.05, 4.69) is 77.9 Å². The van der Waals surface area contributed by atoms with Gasteiger partial charge in [-0.1, -0.05) is 82.4 Å². The quantitative estimate of drug-likeness (QED) is 0.0885. The van der Waals surface area contributed by atoms with Crippen LogP contribution in [-0.2, 0) is 0 Å². The first kappa shape index (κ1) is 29.2. The molecule has 1 heterocycles. The summed E-state index contributed by atoms with van der Waals surface area (Å²) in [6, 6.07) is 14.9. The van der Waals surface area contributed by atoms with Gasteiger partial charge >= 0.3 is 0 Å². The van der Waals surface area contributed by atoms with Gasteiger partial charge in [0.2, 0.25) is 0 Å². The molecular weight excluding hydrogens is 468 g/mol. The number of para-hydroxylation sites is 1. The van der Waals surface area contributed by atoms with Crippen LogP contribution in [-0.4, -0.2) is 41.0 Å². The maximum Gasteiger partial charge on any atom is 0.113 e. The summed E-state index contributed by atoms with van der Waals surface area (Å²) in [6.07, 6.45) is 13.7. The zero-order chi connectivity index (χ0) is 27.3. The lowest BCUT2D eigenvalue weighted by atomic mass is 10.1. The van der Waals surface area contributed by atoms with Crippen LogP contribution in [0.25, 0.3) is 16.7 Å². The van der Waals surface area contributed by atoms with Gasteiger partial charge in [-0.15, -0.1) is 5.10 Å². The van der Waals surface area contributed by atoms with E-state index in [1.165, 1.54) is 57.1 Å². The molecular formula is C32H46N6. The maximum absolute atomic E-state index is 4.75. The molecule has 0 saturated heterocycles. The number of rotatable bonds is 15. The molecule has 0 amide bonds. The number of hydrogen-bond donors (Lipinski definition) is 0. The summed E-state index contributed by atoms with van der Waals surface area (Å²) >= 11 is 0. The first-order chi connectivity index (χ1) is 18.5. The Labute approximate surface area is 229 Å². The molecule has 3 rings (SSSR count). The molecule has 0 aliphatic carbocycles. The minimum Gasteiger partial charge on any atom is -0.370 e. The van der Waals surface area contributed by atoms with Gasteiger partial charge < -0.3 is 9.80 Å². The van der Waals surface area contributed by atoms with Gasteiger partial charge in [0.25, 0.3) is 0 Å². The highest BCUT2D eigenvalue weighted by Gasteiger charge is 2.18. The van der Waals surface area contributed by atoms with Crippen molar-refractivity contribution in [1.82, 2.24) is 15.0 Å². The van der Waals surface area contributed by atoms with E-state index in [9.17, 15) is 0 Å². The lowest BCUT2D eigenvalue weighted by molar-refractivity contribution is 0.607. The van der Waals surface area contributed by atoms with Gasteiger partial charge in [-0.2, -0.15) is 0 Å². The lowest BCUT2D eigenvalue weighted by Gasteiger charge is -2.29. The number of benzene rings is 2. The van der Waals surface area contributed by atoms with E-state index in [4.69, 9.17) is 4.99 Å². The van der Waals surface area contributed by atoms with Crippen LogP contribution in [0.2, 0.25) is 0 Å². The average molecular weight is 515 g/mol. The molecule has 1 aromatic heterocycles. The highest BCUT2D eigenvalue weighted by Crippen LogP contribution is 2.32. The Balaban J connectivity index is 2.06. The molecule has 0 aliphatic rings. The number of nitrogens with zero attached hydrogens (tertiary/aromatic N) is 6. The van der Waals surface area contributed by atoms with E-state index in [0.717, 1.165) is 47.0 Å². The van der Waals surface area contributed by atoms with Crippen LogP contribution in [0.3, 0.4) is 0 Å². The molecule has 0 N–H and O–H groups in total. The third-order valence-corrected chi connectivity index (χ3v) is 7.01. The van der Waals surface area contributed by atoms with Gasteiger partial charge in [0.1, 0.15) is 11.4 Å². The van der Waals surface area contributed by atoms with Crippen LogP contribution in [0.1, 0.15) is 79.1 Å². The van der Waals surface area contributed by atoms with Crippen molar-refractivity contribution < 1.29 is 0 Å². The average Bonchev–Trinajstić information content (AvgIpc) is 3.36. The number of fused-ring (bicyclic) bond motifs is 1. The van der Waals surface area contributed by atoms with Crippen molar-refractivity contribution in [3.05, 3.63) is 66.9 Å². The summed E-state index contributed by atoms with van der Waals surface area (Å²) in [5.74, 6) is 0.915. The van der Waals surface area contributed by atoms with Crippen molar-refractivity contribution in [1.29, 1.82) is 0 Å². The zero-order valence-electron chi connectivity index (χ0n) is 24.2. The predicted molar refractivity (Wildman–Crippen MR) is 165 cm³/mol. The van der Waals surface area contributed by atoms with Crippen molar-refractivity contribution in [2.24, 2.45) is 4.99 Å². The Hall–Kier alpha value is -3.41. The molecule has 204 valence electrons. The predicted octanol–water partition coefficient (Wildman–Crippen LogP) is 8.33. The van der Waals surface area contributed by atoms with Crippen LogP contribution >= 0.6 is 0 Å². The Kier molecular flexibility index (Phi) is 11.6. The standard InChI is InChI=1S/C32H46N6/c1-7-10-12-16-23-37(24-17-13-11-8-2)31-22-21-28(36(6)27(5)33-26(4)18-9-3)25-32(31)38-30-20-15-14-19-29(30)34-35-38/h9,14-15,18-22,25H,3,7-8,10-13,16-17,23-24H2,1-2,4-6H3/b26-18-,33-27-. The smallest absolute Gasteiger partial charge is 0.113 e. The van der Waals surface area contributed by atoms with Gasteiger partial charge in [0, 0.05) is 31.5 Å². The Morgan fingerprint density at radius 1 is 0.947 bits per heavy atom. The Morgan fingerprint density at radius 2 is 1.63 bits per heavy atom. The van der Waals surface area contributed by atoms with Crippen LogP contribution in [0, 0.1) is 0 Å². The summed E-state index contributed by atoms with van der Waals surface area (Å²) in [4.78, 5) is 9.44. The summed E-state index contributed by atoms with van der Waals surface area (Å²) in [7, 11) is 2.06. The minimum atomic E-state index is 0.901. The number of amidine groups is 1. The van der Waals surface area contributed by atoms with Crippen molar-refractivity contribution in [2.45, 2.75) is 79.1 Å². The summed E-state index contributed by atoms with van der Waals surface area (Å²) in [5, 5.41) is 9.10. The highest BCUT2D eigenvalue weighted by atomic mass is 15.4. The van der Waals surface area contributed by atoms with Gasteiger partial charge in [-0.05, 0) is 63.1 Å². The molecule has 0 fully saturated rings. The summed E-state index contributed by atoms with van der Waals surface area (Å²) < 4.78 is 2.00. The van der Waals surface area contributed by atoms with Gasteiger partial charge in [0.15, 0.2) is 0 Å². The number of allylic oxidation sites excluding steroid dienone is 3. The minimum absolute atomic E-state index is 0.901. The van der Waals surface area contributed by atoms with Gasteiger partial charge in [-0.3, -0.25) is 0 Å². The molecule has 3 aromatic rings. The van der Waals surface area contributed by atoms with Crippen molar-refractivity contribution in [3.63, 3.8) is 0 Å². The van der Waals surface area contributed by atoms with Gasteiger partial charge in [0.05, 0.1) is 16.9 Å². The molecule has 6 heteroatoms. The van der Waals surface area contributed by atoms with Crippen LogP contribution in [0.4, 0.5) is 11.4 Å². The van der Waals surface area contributed by atoms with E-state index >= 15 is 0 Å². The molecule has 0 atom stereocenters. The van der Waals surface area contributed by atoms with Crippen LogP contribution in [0.15, 0.2) is 71.9 Å². The molecule has 2 aromatic carbocycles. The second-order valence-electron chi connectivity index (χ2n) is 10.0. The van der Waals surface area contributed by atoms with Crippen LogP contribution < -0.4 is 9.80 Å². The second kappa shape index (κ2) is 15.1. The number of anilines is 2. The second-order valence-corrected chi connectivity index (χ2v) is 10.0. The monoisotopic (exact) mass is 514 g/mol. The summed E-state index contributed by atoms with van der Waals surface area (Å²) in [6.45, 7) is 14.4. The number of aliphatic imine (C=N–C) groups is 1. The van der Waals surface area contributed by atoms with E-state index in [1.54, 1.807) is 6.08 Å². The highest BCUT2D eigenvalue weighted by molar-refractivity contribution is 5.97. The molecule has 0 saturated carbocycles. The molecule has 0 spiro atoms. The number of hydrogen-bond acceptors (Lipinski definition) is 4. The Bertz CT molecular complexity index is 1210. The van der Waals surface area contributed by atoms with Crippen molar-refractivity contribution in [2.75, 3.05) is 29.9 Å². The fraction of sp³-hybridized carbons (Fsp3) is 0.469. The van der Waals surface area contributed by atoms with E-state index in [1.807, 2.05) is 36.7 Å². The van der Waals surface area contributed by atoms with Crippen LogP contribution in [0.5, 0.6) is 0 Å². The van der Waals surface area contributed by atoms with Crippen molar-refractivity contribution in [3.8, 4) is 5.69 Å². The zero-order valence-corrected chi connectivity index (χ0v) is 24.2. The third kappa shape index (κ3) is 7.80. The maximum atomic E-state index is 4.75. The van der Waals surface area contributed by atoms with Gasteiger partial charge in [-0.25, -0.2) is 9.67 Å². The number of unbranched alkanes of at least 4 members (excludes halogenated alkanes) is 6. The molecule has 0 aliphatic heterocycles. The van der Waals surface area contributed by atoms with Crippen molar-refractivity contribution >= 4 is 28.2 Å². The molecule has 38 heavy (non-hydrogen) atoms. The first-order valence-corrected chi connectivity index (χ1v) is 14.3.